The number of halogens is 2. The van der Waals surface area contributed by atoms with Crippen molar-refractivity contribution in [3.63, 3.8) is 0 Å². The highest BCUT2D eigenvalue weighted by molar-refractivity contribution is 9.10. The summed E-state index contributed by atoms with van der Waals surface area (Å²) in [6.07, 6.45) is -0.804. The van der Waals surface area contributed by atoms with Crippen molar-refractivity contribution in [1.82, 2.24) is 0 Å². The predicted octanol–water partition coefficient (Wildman–Crippen LogP) is 5.04. The predicted molar refractivity (Wildman–Crippen MR) is 89.9 cm³/mol. The Hall–Kier alpha value is -0.750. The van der Waals surface area contributed by atoms with Crippen molar-refractivity contribution < 1.29 is 14.6 Å². The van der Waals surface area contributed by atoms with Crippen LogP contribution in [-0.4, -0.2) is 18.3 Å². The second-order valence-corrected chi connectivity index (χ2v) is 6.43. The fraction of sp³-hybridized carbons (Fsp3) is 0.333. The zero-order chi connectivity index (χ0) is 15.4. The first-order chi connectivity index (χ1) is 10.1. The largest absolute Gasteiger partial charge is 0.490 e. The number of benzene rings is 1. The summed E-state index contributed by atoms with van der Waals surface area (Å²) >= 11 is 11.2. The molecule has 1 atom stereocenters. The van der Waals surface area contributed by atoms with Gasteiger partial charge in [0.05, 0.1) is 23.1 Å². The molecule has 0 radical (unpaired) electrons. The molecule has 1 heterocycles. The van der Waals surface area contributed by atoms with Crippen LogP contribution in [0.3, 0.4) is 0 Å². The van der Waals surface area contributed by atoms with Gasteiger partial charge in [-0.2, -0.15) is 0 Å². The quantitative estimate of drug-likeness (QED) is 0.749. The second kappa shape index (κ2) is 7.49. The van der Waals surface area contributed by atoms with Crippen LogP contribution in [0.15, 0.2) is 28.1 Å². The average Bonchev–Trinajstić information content (AvgIpc) is 2.87. The minimum atomic E-state index is -0.804. The fourth-order valence-electron chi connectivity index (χ4n) is 1.94. The van der Waals surface area contributed by atoms with Crippen molar-refractivity contribution in [2.24, 2.45) is 0 Å². The summed E-state index contributed by atoms with van der Waals surface area (Å²) < 4.78 is 12.0. The average molecular weight is 392 g/mol. The minimum Gasteiger partial charge on any atom is -0.490 e. The van der Waals surface area contributed by atoms with E-state index in [0.717, 1.165) is 9.35 Å². The van der Waals surface area contributed by atoms with Crippen LogP contribution in [0.5, 0.6) is 11.5 Å². The van der Waals surface area contributed by atoms with Gasteiger partial charge in [-0.05, 0) is 47.3 Å². The summed E-state index contributed by atoms with van der Waals surface area (Å²) in [5, 5.41) is 12.9. The van der Waals surface area contributed by atoms with Crippen LogP contribution in [0.1, 0.15) is 30.4 Å². The topological polar surface area (TPSA) is 38.7 Å². The number of aliphatic hydroxyl groups excluding tert-OH is 1. The first-order valence-electron chi connectivity index (χ1n) is 6.58. The molecule has 0 bridgehead atoms. The Labute approximate surface area is 141 Å². The molecule has 0 aliphatic heterocycles. The lowest BCUT2D eigenvalue weighted by Gasteiger charge is -2.17. The van der Waals surface area contributed by atoms with Gasteiger partial charge in [-0.1, -0.05) is 11.6 Å². The van der Waals surface area contributed by atoms with Gasteiger partial charge in [0.2, 0.25) is 0 Å². The van der Waals surface area contributed by atoms with Crippen LogP contribution in [0.25, 0.3) is 0 Å². The zero-order valence-electron chi connectivity index (χ0n) is 11.7. The van der Waals surface area contributed by atoms with E-state index < -0.39 is 6.10 Å². The van der Waals surface area contributed by atoms with Crippen LogP contribution < -0.4 is 9.47 Å². The smallest absolute Gasteiger partial charge is 0.162 e. The molecule has 1 N–H and O–H groups in total. The van der Waals surface area contributed by atoms with E-state index >= 15 is 0 Å². The van der Waals surface area contributed by atoms with Crippen LogP contribution >= 0.6 is 38.9 Å². The number of hydrogen-bond acceptors (Lipinski definition) is 4. The summed E-state index contributed by atoms with van der Waals surface area (Å²) in [6, 6.07) is 5.33. The maximum absolute atomic E-state index is 10.6. The van der Waals surface area contributed by atoms with Gasteiger partial charge in [-0.25, -0.2) is 0 Å². The summed E-state index contributed by atoms with van der Waals surface area (Å²) in [6.45, 7) is 4.83. The Morgan fingerprint density at radius 2 is 1.86 bits per heavy atom. The van der Waals surface area contributed by atoms with Crippen molar-refractivity contribution in [3.8, 4) is 11.5 Å². The SMILES string of the molecule is CCOc1cc(Cl)c(C(O)c2sccc2Br)cc1OCC. The number of rotatable bonds is 6. The van der Waals surface area contributed by atoms with Crippen LogP contribution in [-0.2, 0) is 0 Å². The Balaban J connectivity index is 2.44. The number of thiophene rings is 1. The second-order valence-electron chi connectivity index (χ2n) is 4.22. The molecule has 0 amide bonds. The molecule has 6 heteroatoms. The fourth-order valence-corrected chi connectivity index (χ4v) is 3.79. The molecule has 1 aromatic heterocycles. The summed E-state index contributed by atoms with van der Waals surface area (Å²) in [4.78, 5) is 0.809. The van der Waals surface area contributed by atoms with E-state index in [9.17, 15) is 5.11 Å². The summed E-state index contributed by atoms with van der Waals surface area (Å²) in [5.74, 6) is 1.18. The van der Waals surface area contributed by atoms with E-state index in [-0.39, 0.29) is 0 Å². The standard InChI is InChI=1S/C15H16BrClO3S/c1-3-19-12-7-9(11(17)8-13(12)20-4-2)14(18)15-10(16)5-6-21-15/h5-8,14,18H,3-4H2,1-2H3. The molecule has 0 saturated carbocycles. The Bertz CT molecular complexity index is 615. The van der Waals surface area contributed by atoms with Crippen molar-refractivity contribution in [2.75, 3.05) is 13.2 Å². The highest BCUT2D eigenvalue weighted by Gasteiger charge is 2.21. The van der Waals surface area contributed by atoms with Gasteiger partial charge in [-0.15, -0.1) is 11.3 Å². The number of hydrogen-bond donors (Lipinski definition) is 1. The van der Waals surface area contributed by atoms with E-state index in [1.165, 1.54) is 11.3 Å². The van der Waals surface area contributed by atoms with Gasteiger partial charge in [0.1, 0.15) is 6.10 Å². The minimum absolute atomic E-state index is 0.453. The molecule has 0 fully saturated rings. The Morgan fingerprint density at radius 1 is 1.24 bits per heavy atom. The van der Waals surface area contributed by atoms with Crippen LogP contribution in [0.2, 0.25) is 5.02 Å². The van der Waals surface area contributed by atoms with Crippen molar-refractivity contribution in [1.29, 1.82) is 0 Å². The molecule has 1 aromatic carbocycles. The molecule has 0 saturated heterocycles. The number of ether oxygens (including phenoxy) is 2. The van der Waals surface area contributed by atoms with Gasteiger partial charge in [0.15, 0.2) is 11.5 Å². The van der Waals surface area contributed by atoms with Crippen molar-refractivity contribution >= 4 is 38.9 Å². The van der Waals surface area contributed by atoms with Gasteiger partial charge in [0.25, 0.3) is 0 Å². The normalized spacial score (nSPS) is 12.2. The van der Waals surface area contributed by atoms with E-state index in [4.69, 9.17) is 21.1 Å². The van der Waals surface area contributed by atoms with E-state index in [2.05, 4.69) is 15.9 Å². The van der Waals surface area contributed by atoms with Gasteiger partial charge >= 0.3 is 0 Å². The molecule has 3 nitrogen and oxygen atoms in total. The summed E-state index contributed by atoms with van der Waals surface area (Å²) in [5.41, 5.74) is 0.603. The molecular weight excluding hydrogens is 376 g/mol. The van der Waals surface area contributed by atoms with Gasteiger partial charge in [-0.3, -0.25) is 0 Å². The Kier molecular flexibility index (Phi) is 5.93. The maximum Gasteiger partial charge on any atom is 0.162 e. The molecule has 21 heavy (non-hydrogen) atoms. The molecule has 0 spiro atoms. The van der Waals surface area contributed by atoms with Gasteiger partial charge < -0.3 is 14.6 Å². The maximum atomic E-state index is 10.6. The highest BCUT2D eigenvalue weighted by Crippen LogP contribution is 2.41. The van der Waals surface area contributed by atoms with Crippen molar-refractivity contribution in [3.05, 3.63) is 43.5 Å². The monoisotopic (exact) mass is 390 g/mol. The third-order valence-corrected chi connectivity index (χ3v) is 5.10. The molecule has 0 aliphatic carbocycles. The molecule has 1 unspecified atom stereocenters. The van der Waals surface area contributed by atoms with Crippen molar-refractivity contribution in [2.45, 2.75) is 20.0 Å². The van der Waals surface area contributed by atoms with Gasteiger partial charge in [0, 0.05) is 16.1 Å². The zero-order valence-corrected chi connectivity index (χ0v) is 14.9. The lowest BCUT2D eigenvalue weighted by molar-refractivity contribution is 0.222. The van der Waals surface area contributed by atoms with E-state index in [1.54, 1.807) is 12.1 Å². The highest BCUT2D eigenvalue weighted by atomic mass is 79.9. The van der Waals surface area contributed by atoms with Crippen LogP contribution in [0.4, 0.5) is 0 Å². The summed E-state index contributed by atoms with van der Waals surface area (Å²) in [7, 11) is 0. The Morgan fingerprint density at radius 3 is 2.38 bits per heavy atom. The molecule has 2 rings (SSSR count). The van der Waals surface area contributed by atoms with E-state index in [1.807, 2.05) is 25.3 Å². The third-order valence-electron chi connectivity index (χ3n) is 2.85. The first kappa shape index (κ1) is 16.6. The molecule has 114 valence electrons. The van der Waals surface area contributed by atoms with E-state index in [0.29, 0.717) is 35.3 Å². The first-order valence-corrected chi connectivity index (χ1v) is 8.63. The lowest BCUT2D eigenvalue weighted by Crippen LogP contribution is -2.03. The molecule has 0 aliphatic rings. The molecular formula is C15H16BrClO3S. The number of aliphatic hydroxyl groups is 1. The third kappa shape index (κ3) is 3.72. The molecule has 2 aromatic rings. The lowest BCUT2D eigenvalue weighted by atomic mass is 10.1. The van der Waals surface area contributed by atoms with Crippen LogP contribution in [0, 0.1) is 0 Å².